The molecule has 1 amide bonds. The van der Waals surface area contributed by atoms with Gasteiger partial charge in [0.2, 0.25) is 5.91 Å². The Morgan fingerprint density at radius 1 is 1.26 bits per heavy atom. The fourth-order valence-electron chi connectivity index (χ4n) is 4.87. The van der Waals surface area contributed by atoms with Gasteiger partial charge in [-0.3, -0.25) is 9.69 Å². The Hall–Kier alpha value is -0.830. The van der Waals surface area contributed by atoms with E-state index in [2.05, 4.69) is 44.5 Å². The van der Waals surface area contributed by atoms with Crippen LogP contribution in [0.15, 0.2) is 12.2 Å². The van der Waals surface area contributed by atoms with Crippen molar-refractivity contribution in [1.29, 1.82) is 0 Å². The second kappa shape index (κ2) is 7.83. The lowest BCUT2D eigenvalue weighted by Crippen LogP contribution is -2.45. The van der Waals surface area contributed by atoms with E-state index >= 15 is 0 Å². The van der Waals surface area contributed by atoms with Crippen molar-refractivity contribution in [2.45, 2.75) is 72.3 Å². The largest absolute Gasteiger partial charge is 0.353 e. The fraction of sp³-hybridized carbons (Fsp3) is 0.850. The van der Waals surface area contributed by atoms with E-state index in [0.717, 1.165) is 44.8 Å². The molecule has 3 heteroatoms. The molecule has 1 saturated heterocycles. The molecule has 0 aromatic carbocycles. The van der Waals surface area contributed by atoms with Crippen LogP contribution in [0.5, 0.6) is 0 Å². The number of hydrogen-bond donors (Lipinski definition) is 1. The van der Waals surface area contributed by atoms with E-state index in [9.17, 15) is 4.79 Å². The Kier molecular flexibility index (Phi) is 6.30. The Morgan fingerprint density at radius 2 is 1.91 bits per heavy atom. The number of piperidine rings is 1. The second-order valence-corrected chi connectivity index (χ2v) is 9.06. The van der Waals surface area contributed by atoms with Crippen LogP contribution in [0.4, 0.5) is 0 Å². The van der Waals surface area contributed by atoms with E-state index in [0.29, 0.717) is 17.4 Å². The molecule has 132 valence electrons. The lowest BCUT2D eigenvalue weighted by Gasteiger charge is -2.39. The maximum absolute atomic E-state index is 12.4. The zero-order valence-electron chi connectivity index (χ0n) is 15.7. The molecule has 0 radical (unpaired) electrons. The van der Waals surface area contributed by atoms with Crippen LogP contribution in [0.25, 0.3) is 0 Å². The van der Waals surface area contributed by atoms with E-state index in [1.165, 1.54) is 24.8 Å². The van der Waals surface area contributed by atoms with Gasteiger partial charge in [0, 0.05) is 32.1 Å². The van der Waals surface area contributed by atoms with Crippen molar-refractivity contribution in [2.24, 2.45) is 17.3 Å². The van der Waals surface area contributed by atoms with Crippen molar-refractivity contribution in [3.8, 4) is 0 Å². The average Bonchev–Trinajstić information content (AvgIpc) is 2.37. The first-order valence-electron chi connectivity index (χ1n) is 9.39. The summed E-state index contributed by atoms with van der Waals surface area (Å²) in [5.41, 5.74) is 1.62. The van der Waals surface area contributed by atoms with E-state index < -0.39 is 0 Å². The molecule has 23 heavy (non-hydrogen) atoms. The molecule has 3 nitrogen and oxygen atoms in total. The fourth-order valence-corrected chi connectivity index (χ4v) is 4.87. The molecule has 1 aliphatic heterocycles. The molecule has 2 atom stereocenters. The maximum Gasteiger partial charge on any atom is 0.220 e. The number of carbonyl (C=O) groups excluding carboxylic acids is 1. The molecular weight excluding hydrogens is 284 g/mol. The van der Waals surface area contributed by atoms with Crippen LogP contribution in [-0.2, 0) is 4.79 Å². The number of nitrogens with zero attached hydrogens (tertiary/aromatic N) is 1. The monoisotopic (exact) mass is 320 g/mol. The van der Waals surface area contributed by atoms with Gasteiger partial charge < -0.3 is 5.32 Å². The Bertz CT molecular complexity index is 421. The molecule has 1 saturated carbocycles. The molecule has 1 N–H and O–H groups in total. The van der Waals surface area contributed by atoms with Crippen molar-refractivity contribution < 1.29 is 4.79 Å². The lowest BCUT2D eigenvalue weighted by atomic mass is 9.67. The van der Waals surface area contributed by atoms with Crippen molar-refractivity contribution in [3.05, 3.63) is 12.2 Å². The third-order valence-corrected chi connectivity index (χ3v) is 5.40. The predicted octanol–water partition coefficient (Wildman–Crippen LogP) is 4.00. The topological polar surface area (TPSA) is 32.3 Å². The number of hydrogen-bond acceptors (Lipinski definition) is 2. The van der Waals surface area contributed by atoms with Gasteiger partial charge in [-0.05, 0) is 56.3 Å². The van der Waals surface area contributed by atoms with Gasteiger partial charge >= 0.3 is 0 Å². The number of nitrogens with one attached hydrogen (secondary N) is 1. The van der Waals surface area contributed by atoms with Crippen LogP contribution in [0.2, 0.25) is 0 Å². The summed E-state index contributed by atoms with van der Waals surface area (Å²) in [4.78, 5) is 14.9. The summed E-state index contributed by atoms with van der Waals surface area (Å²) in [6, 6.07) is 0.373. The third kappa shape index (κ3) is 6.29. The third-order valence-electron chi connectivity index (χ3n) is 5.40. The molecule has 0 spiro atoms. The van der Waals surface area contributed by atoms with Crippen LogP contribution in [0.3, 0.4) is 0 Å². The highest BCUT2D eigenvalue weighted by molar-refractivity contribution is 5.76. The summed E-state index contributed by atoms with van der Waals surface area (Å²) in [7, 11) is 0. The van der Waals surface area contributed by atoms with Gasteiger partial charge in [-0.25, -0.2) is 0 Å². The second-order valence-electron chi connectivity index (χ2n) is 9.06. The van der Waals surface area contributed by atoms with Crippen molar-refractivity contribution in [1.82, 2.24) is 10.2 Å². The van der Waals surface area contributed by atoms with Gasteiger partial charge in [0.05, 0.1) is 0 Å². The van der Waals surface area contributed by atoms with Gasteiger partial charge in [0.15, 0.2) is 0 Å². The van der Waals surface area contributed by atoms with Crippen LogP contribution in [0.1, 0.15) is 66.2 Å². The SMILES string of the molecule is C=C(C)CN1CCC(NC(=O)C[C@H]2C[C@H](C)CC(C)(C)C2)CC1. The minimum atomic E-state index is 0.276. The number of carbonyl (C=O) groups is 1. The van der Waals surface area contributed by atoms with Crippen molar-refractivity contribution in [3.63, 3.8) is 0 Å². The van der Waals surface area contributed by atoms with Crippen molar-refractivity contribution in [2.75, 3.05) is 19.6 Å². The summed E-state index contributed by atoms with van der Waals surface area (Å²) >= 11 is 0. The summed E-state index contributed by atoms with van der Waals surface area (Å²) in [5, 5.41) is 3.29. The zero-order chi connectivity index (χ0) is 17.0. The number of rotatable bonds is 5. The normalized spacial score (nSPS) is 29.2. The van der Waals surface area contributed by atoms with E-state index in [4.69, 9.17) is 0 Å². The average molecular weight is 321 g/mol. The zero-order valence-corrected chi connectivity index (χ0v) is 15.7. The minimum Gasteiger partial charge on any atom is -0.353 e. The molecule has 0 bridgehead atoms. The van der Waals surface area contributed by atoms with Crippen LogP contribution in [-0.4, -0.2) is 36.5 Å². The standard InChI is InChI=1S/C20H36N2O/c1-15(2)14-22-8-6-18(7-9-22)21-19(23)11-17-10-16(3)12-20(4,5)13-17/h16-18H,1,6-14H2,2-5H3,(H,21,23)/t16-,17+/m0/s1. The molecule has 1 heterocycles. The smallest absolute Gasteiger partial charge is 0.220 e. The molecule has 0 aromatic heterocycles. The predicted molar refractivity (Wildman–Crippen MR) is 97.3 cm³/mol. The summed E-state index contributed by atoms with van der Waals surface area (Å²) in [6.07, 6.45) is 6.58. The first kappa shape index (κ1) is 18.5. The van der Waals surface area contributed by atoms with E-state index in [1.54, 1.807) is 0 Å². The van der Waals surface area contributed by atoms with Gasteiger partial charge in [-0.2, -0.15) is 0 Å². The highest BCUT2D eigenvalue weighted by Crippen LogP contribution is 2.42. The van der Waals surface area contributed by atoms with Crippen molar-refractivity contribution >= 4 is 5.91 Å². The molecule has 2 aliphatic rings. The highest BCUT2D eigenvalue weighted by Gasteiger charge is 2.33. The van der Waals surface area contributed by atoms with Crippen LogP contribution < -0.4 is 5.32 Å². The van der Waals surface area contributed by atoms with Gasteiger partial charge in [-0.15, -0.1) is 0 Å². The summed E-state index contributed by atoms with van der Waals surface area (Å²) in [6.45, 7) is 16.3. The quantitative estimate of drug-likeness (QED) is 0.777. The van der Waals surface area contributed by atoms with E-state index in [1.807, 2.05) is 0 Å². The van der Waals surface area contributed by atoms with Crippen LogP contribution >= 0.6 is 0 Å². The summed E-state index contributed by atoms with van der Waals surface area (Å²) in [5.74, 6) is 1.59. The van der Waals surface area contributed by atoms with Gasteiger partial charge in [-0.1, -0.05) is 32.9 Å². The first-order valence-corrected chi connectivity index (χ1v) is 9.39. The molecular formula is C20H36N2O. The van der Waals surface area contributed by atoms with Gasteiger partial charge in [0.25, 0.3) is 0 Å². The molecule has 2 fully saturated rings. The Morgan fingerprint density at radius 3 is 2.48 bits per heavy atom. The lowest BCUT2D eigenvalue weighted by molar-refractivity contribution is -0.123. The molecule has 0 unspecified atom stereocenters. The summed E-state index contributed by atoms with van der Waals surface area (Å²) < 4.78 is 0. The maximum atomic E-state index is 12.4. The highest BCUT2D eigenvalue weighted by atomic mass is 16.1. The Balaban J connectivity index is 1.72. The first-order chi connectivity index (χ1) is 10.7. The molecule has 2 rings (SSSR count). The van der Waals surface area contributed by atoms with Gasteiger partial charge in [0.1, 0.15) is 0 Å². The van der Waals surface area contributed by atoms with Crippen LogP contribution in [0, 0.1) is 17.3 Å². The number of likely N-dealkylation sites (tertiary alicyclic amines) is 1. The number of amides is 1. The molecule has 0 aromatic rings. The van der Waals surface area contributed by atoms with E-state index in [-0.39, 0.29) is 5.91 Å². The minimum absolute atomic E-state index is 0.276. The molecule has 1 aliphatic carbocycles. The Labute approximate surface area is 142 Å².